The normalized spacial score (nSPS) is 15.3. The summed E-state index contributed by atoms with van der Waals surface area (Å²) in [5, 5.41) is 2.55. The number of para-hydroxylation sites is 2. The Kier molecular flexibility index (Phi) is 10.3. The molecule has 0 fully saturated rings. The highest BCUT2D eigenvalue weighted by atomic mass is 15.2. The van der Waals surface area contributed by atoms with Gasteiger partial charge in [-0.1, -0.05) is 159 Å². The molecule has 1 aromatic heterocycles. The van der Waals surface area contributed by atoms with Gasteiger partial charge >= 0.3 is 0 Å². The molecule has 8 rings (SSSR count). The first-order valence-corrected chi connectivity index (χ1v) is 20.9. The van der Waals surface area contributed by atoms with Gasteiger partial charge in [0.25, 0.3) is 0 Å². The molecule has 6 aromatic carbocycles. The van der Waals surface area contributed by atoms with E-state index in [1.165, 1.54) is 78.7 Å². The molecule has 2 heteroatoms. The molecular formula is C55H58N2. The van der Waals surface area contributed by atoms with Crippen molar-refractivity contribution in [3.63, 3.8) is 0 Å². The van der Waals surface area contributed by atoms with Gasteiger partial charge in [0, 0.05) is 27.8 Å². The molecule has 1 aliphatic carbocycles. The second-order valence-electron chi connectivity index (χ2n) is 18.6. The molecule has 57 heavy (non-hydrogen) atoms. The van der Waals surface area contributed by atoms with E-state index in [0.29, 0.717) is 11.8 Å². The van der Waals surface area contributed by atoms with Gasteiger partial charge in [-0.25, -0.2) is 0 Å². The number of nitrogens with zero attached hydrogens (tertiary/aromatic N) is 2. The van der Waals surface area contributed by atoms with Crippen LogP contribution in [0.3, 0.4) is 0 Å². The summed E-state index contributed by atoms with van der Waals surface area (Å²) in [4.78, 5) is 2.45. The van der Waals surface area contributed by atoms with Gasteiger partial charge in [0.15, 0.2) is 0 Å². The molecule has 0 bridgehead atoms. The van der Waals surface area contributed by atoms with Crippen LogP contribution in [0.5, 0.6) is 0 Å². The highest BCUT2D eigenvalue weighted by molar-refractivity contribution is 6.11. The number of aromatic nitrogens is 1. The van der Waals surface area contributed by atoms with Crippen LogP contribution in [0.25, 0.3) is 44.2 Å². The topological polar surface area (TPSA) is 8.17 Å². The van der Waals surface area contributed by atoms with E-state index in [0.717, 1.165) is 6.42 Å². The Morgan fingerprint density at radius 2 is 1.16 bits per heavy atom. The van der Waals surface area contributed by atoms with Crippen LogP contribution < -0.4 is 4.90 Å². The van der Waals surface area contributed by atoms with Crippen molar-refractivity contribution in [3.8, 4) is 16.8 Å². The minimum Gasteiger partial charge on any atom is -0.334 e. The lowest BCUT2D eigenvalue weighted by Crippen LogP contribution is -2.30. The molecule has 2 unspecified atom stereocenters. The van der Waals surface area contributed by atoms with Crippen molar-refractivity contribution in [2.75, 3.05) is 4.90 Å². The van der Waals surface area contributed by atoms with Gasteiger partial charge in [-0.15, -0.1) is 0 Å². The van der Waals surface area contributed by atoms with Crippen LogP contribution in [0.1, 0.15) is 90.8 Å². The summed E-state index contributed by atoms with van der Waals surface area (Å²) in [6, 6.07) is 54.5. The van der Waals surface area contributed by atoms with Crippen LogP contribution in [-0.4, -0.2) is 10.6 Å². The fourth-order valence-electron chi connectivity index (χ4n) is 8.86. The minimum absolute atomic E-state index is 0.0971. The lowest BCUT2D eigenvalue weighted by molar-refractivity contribution is 0.280. The molecule has 0 radical (unpaired) electrons. The van der Waals surface area contributed by atoms with Crippen molar-refractivity contribution in [3.05, 3.63) is 181 Å². The first kappa shape index (κ1) is 38.3. The van der Waals surface area contributed by atoms with Gasteiger partial charge in [-0.05, 0) is 130 Å². The quantitative estimate of drug-likeness (QED) is 0.143. The Morgan fingerprint density at radius 3 is 1.67 bits per heavy atom. The number of allylic oxidation sites excluding steroid dienone is 2. The van der Waals surface area contributed by atoms with Gasteiger partial charge in [-0.3, -0.25) is 0 Å². The maximum absolute atomic E-state index is 2.45. The van der Waals surface area contributed by atoms with E-state index in [2.05, 4.69) is 229 Å². The van der Waals surface area contributed by atoms with E-state index in [9.17, 15) is 0 Å². The smallest absolute Gasteiger partial charge is 0.0560 e. The zero-order chi connectivity index (χ0) is 39.9. The van der Waals surface area contributed by atoms with Crippen molar-refractivity contribution < 1.29 is 0 Å². The zero-order valence-corrected chi connectivity index (χ0v) is 35.1. The third-order valence-corrected chi connectivity index (χ3v) is 12.0. The Labute approximate surface area is 341 Å². The molecule has 1 aliphatic rings. The molecule has 0 saturated heterocycles. The molecule has 0 spiro atoms. The van der Waals surface area contributed by atoms with Crippen LogP contribution in [0.2, 0.25) is 0 Å². The Bertz CT molecular complexity index is 2500. The molecule has 1 heterocycles. The first-order chi connectivity index (χ1) is 27.3. The molecule has 2 nitrogen and oxygen atoms in total. The van der Waals surface area contributed by atoms with Crippen LogP contribution >= 0.6 is 0 Å². The molecule has 7 aromatic rings. The van der Waals surface area contributed by atoms with Crippen molar-refractivity contribution in [2.24, 2.45) is 11.3 Å². The number of hydrogen-bond donors (Lipinski definition) is 0. The lowest BCUT2D eigenvalue weighted by atomic mass is 9.72. The Morgan fingerprint density at radius 1 is 0.614 bits per heavy atom. The van der Waals surface area contributed by atoms with Gasteiger partial charge in [0.1, 0.15) is 0 Å². The highest BCUT2D eigenvalue weighted by Gasteiger charge is 2.27. The standard InChI is InChI=1S/C55H58N2/c1-38(2)35-51(55(6,7)8)41-21-19-39(20-22-41)42-25-33-52-49(36-42)50-37-43(26-34-53(50)57(52)48-31-27-44(28-32-48)54(3,4)5)40-23-29-47(30-24-40)56(45-15-11-9-12-16-45)46-17-13-10-14-18-46/h9-29,31-34,36-38,47,51H,30,35H2,1-8H3. The van der Waals surface area contributed by atoms with Gasteiger partial charge in [0.2, 0.25) is 0 Å². The zero-order valence-electron chi connectivity index (χ0n) is 35.1. The molecule has 0 amide bonds. The SMILES string of the molecule is CC(C)CC(c1ccc(-c2ccc3c(c2)c2cc(C4=CCC(N(c5ccccc5)c5ccccc5)C=C4)ccc2n3-c2ccc(C(C)(C)C)cc2)cc1)C(C)(C)C. The van der Waals surface area contributed by atoms with Crippen LogP contribution in [0.15, 0.2) is 164 Å². The fourth-order valence-corrected chi connectivity index (χ4v) is 8.86. The Balaban J connectivity index is 1.19. The first-order valence-electron chi connectivity index (χ1n) is 20.9. The molecule has 0 aliphatic heterocycles. The van der Waals surface area contributed by atoms with E-state index in [4.69, 9.17) is 0 Å². The average molecular weight is 747 g/mol. The van der Waals surface area contributed by atoms with E-state index in [1.54, 1.807) is 0 Å². The predicted octanol–water partition coefficient (Wildman–Crippen LogP) is 15.5. The maximum Gasteiger partial charge on any atom is 0.0560 e. The van der Waals surface area contributed by atoms with E-state index >= 15 is 0 Å². The van der Waals surface area contributed by atoms with E-state index in [-0.39, 0.29) is 16.9 Å². The average Bonchev–Trinajstić information content (AvgIpc) is 3.53. The van der Waals surface area contributed by atoms with Crippen LogP contribution in [0.4, 0.5) is 11.4 Å². The largest absolute Gasteiger partial charge is 0.334 e. The van der Waals surface area contributed by atoms with Crippen molar-refractivity contribution in [2.45, 2.75) is 85.6 Å². The monoisotopic (exact) mass is 746 g/mol. The third-order valence-electron chi connectivity index (χ3n) is 12.0. The number of benzene rings is 6. The van der Waals surface area contributed by atoms with Crippen molar-refractivity contribution in [1.29, 1.82) is 0 Å². The second kappa shape index (κ2) is 15.4. The van der Waals surface area contributed by atoms with Crippen LogP contribution in [-0.2, 0) is 5.41 Å². The summed E-state index contributed by atoms with van der Waals surface area (Å²) in [6.45, 7) is 18.7. The molecule has 0 N–H and O–H groups in total. The molecular weight excluding hydrogens is 689 g/mol. The lowest BCUT2D eigenvalue weighted by Gasteiger charge is -2.33. The molecule has 0 saturated carbocycles. The Hall–Kier alpha value is -5.60. The number of fused-ring (bicyclic) bond motifs is 3. The summed E-state index contributed by atoms with van der Waals surface area (Å²) >= 11 is 0. The van der Waals surface area contributed by atoms with Gasteiger partial charge in [0.05, 0.1) is 17.1 Å². The molecule has 288 valence electrons. The summed E-state index contributed by atoms with van der Waals surface area (Å²) < 4.78 is 2.45. The fraction of sp³-hybridized carbons (Fsp3) is 0.273. The third kappa shape index (κ3) is 7.88. The molecule has 2 atom stereocenters. The number of hydrogen-bond acceptors (Lipinski definition) is 1. The predicted molar refractivity (Wildman–Crippen MR) is 247 cm³/mol. The number of anilines is 2. The minimum atomic E-state index is 0.0971. The summed E-state index contributed by atoms with van der Waals surface area (Å²) in [7, 11) is 0. The van der Waals surface area contributed by atoms with E-state index in [1.807, 2.05) is 0 Å². The summed E-state index contributed by atoms with van der Waals surface area (Å²) in [5.41, 5.74) is 14.2. The van der Waals surface area contributed by atoms with Gasteiger partial charge in [-0.2, -0.15) is 0 Å². The second-order valence-corrected chi connectivity index (χ2v) is 18.6. The highest BCUT2D eigenvalue weighted by Crippen LogP contribution is 2.42. The summed E-state index contributed by atoms with van der Waals surface area (Å²) in [6.07, 6.45) is 9.25. The number of rotatable bonds is 9. The summed E-state index contributed by atoms with van der Waals surface area (Å²) in [5.74, 6) is 1.18. The van der Waals surface area contributed by atoms with Gasteiger partial charge < -0.3 is 9.47 Å². The van der Waals surface area contributed by atoms with E-state index < -0.39 is 0 Å². The maximum atomic E-state index is 2.45. The van der Waals surface area contributed by atoms with Crippen LogP contribution in [0, 0.1) is 11.3 Å². The van der Waals surface area contributed by atoms with Crippen molar-refractivity contribution >= 4 is 38.8 Å². The van der Waals surface area contributed by atoms with Crippen molar-refractivity contribution in [1.82, 2.24) is 4.57 Å².